The number of hydrogen-bond acceptors (Lipinski definition) is 6. The van der Waals surface area contributed by atoms with Gasteiger partial charge in [-0.1, -0.05) is 29.8 Å². The fraction of sp³-hybridized carbons (Fsp3) is 0.429. The summed E-state index contributed by atoms with van der Waals surface area (Å²) in [6.45, 7) is 5.94. The maximum Gasteiger partial charge on any atom is 0.409 e. The second kappa shape index (κ2) is 9.86. The number of aromatic nitrogens is 2. The summed E-state index contributed by atoms with van der Waals surface area (Å²) in [5, 5.41) is 6.17. The normalized spacial score (nSPS) is 14.3. The second-order valence-corrected chi connectivity index (χ2v) is 7.06. The highest BCUT2D eigenvalue weighted by atomic mass is 16.6. The van der Waals surface area contributed by atoms with Crippen molar-refractivity contribution in [2.75, 3.05) is 25.0 Å². The molecular weight excluding hydrogens is 370 g/mol. The minimum absolute atomic E-state index is 0.205. The lowest BCUT2D eigenvalue weighted by Crippen LogP contribution is -2.42. The van der Waals surface area contributed by atoms with Crippen LogP contribution >= 0.6 is 0 Å². The molecule has 1 aromatic carbocycles. The van der Waals surface area contributed by atoms with Crippen LogP contribution in [0.25, 0.3) is 0 Å². The number of aryl methyl sites for hydroxylation is 1. The number of nitrogens with one attached hydrogen (secondary N) is 2. The van der Waals surface area contributed by atoms with Gasteiger partial charge >= 0.3 is 6.09 Å². The van der Waals surface area contributed by atoms with Crippen LogP contribution in [-0.2, 0) is 11.3 Å². The highest BCUT2D eigenvalue weighted by Crippen LogP contribution is 2.15. The number of amides is 2. The van der Waals surface area contributed by atoms with Crippen LogP contribution in [-0.4, -0.2) is 52.6 Å². The van der Waals surface area contributed by atoms with Gasteiger partial charge in [-0.25, -0.2) is 14.8 Å². The van der Waals surface area contributed by atoms with E-state index in [-0.39, 0.29) is 23.7 Å². The molecule has 0 saturated carbocycles. The first kappa shape index (κ1) is 20.6. The first-order valence-corrected chi connectivity index (χ1v) is 9.89. The number of ether oxygens (including phenoxy) is 1. The van der Waals surface area contributed by atoms with E-state index in [9.17, 15) is 9.59 Å². The Balaban J connectivity index is 1.45. The summed E-state index contributed by atoms with van der Waals surface area (Å²) >= 11 is 0. The lowest BCUT2D eigenvalue weighted by molar-refractivity contribution is 0.0944. The van der Waals surface area contributed by atoms with Crippen molar-refractivity contribution in [3.8, 4) is 0 Å². The molecule has 1 fully saturated rings. The van der Waals surface area contributed by atoms with Gasteiger partial charge in [0.15, 0.2) is 0 Å². The molecule has 2 heterocycles. The molecule has 0 aliphatic carbocycles. The number of likely N-dealkylation sites (tertiary alicyclic amines) is 1. The van der Waals surface area contributed by atoms with Crippen molar-refractivity contribution in [3.63, 3.8) is 0 Å². The van der Waals surface area contributed by atoms with Crippen molar-refractivity contribution in [2.45, 2.75) is 39.3 Å². The minimum atomic E-state index is -0.258. The van der Waals surface area contributed by atoms with Crippen molar-refractivity contribution < 1.29 is 14.3 Å². The Kier molecular flexibility index (Phi) is 6.99. The zero-order chi connectivity index (χ0) is 20.6. The Bertz CT molecular complexity index is 815. The van der Waals surface area contributed by atoms with E-state index in [0.717, 1.165) is 18.4 Å². The van der Waals surface area contributed by atoms with Gasteiger partial charge in [-0.05, 0) is 32.3 Å². The maximum absolute atomic E-state index is 12.3. The van der Waals surface area contributed by atoms with Gasteiger partial charge in [0.25, 0.3) is 5.91 Å². The molecule has 0 radical (unpaired) electrons. The standard InChI is InChI=1S/C21H27N5O3/c1-3-29-21(28)26-10-8-17(9-11-26)25-19-14-22-18(13-23-19)20(27)24-12-16-6-4-15(2)5-7-16/h4-7,13-14,17H,3,8-12H2,1-2H3,(H,23,25)(H,24,27). The Morgan fingerprint density at radius 3 is 2.48 bits per heavy atom. The van der Waals surface area contributed by atoms with Gasteiger partial charge < -0.3 is 20.3 Å². The molecule has 1 aliphatic heterocycles. The first-order valence-electron chi connectivity index (χ1n) is 9.89. The smallest absolute Gasteiger partial charge is 0.409 e. The Morgan fingerprint density at radius 2 is 1.86 bits per heavy atom. The van der Waals surface area contributed by atoms with E-state index < -0.39 is 0 Å². The summed E-state index contributed by atoms with van der Waals surface area (Å²) in [6.07, 6.45) is 4.39. The largest absolute Gasteiger partial charge is 0.450 e. The number of rotatable bonds is 6. The molecular formula is C21H27N5O3. The molecule has 0 spiro atoms. The summed E-state index contributed by atoms with van der Waals surface area (Å²) in [5.41, 5.74) is 2.49. The lowest BCUT2D eigenvalue weighted by Gasteiger charge is -2.31. The average Bonchev–Trinajstić information content (AvgIpc) is 2.74. The fourth-order valence-electron chi connectivity index (χ4n) is 3.13. The van der Waals surface area contributed by atoms with Crippen LogP contribution < -0.4 is 10.6 Å². The quantitative estimate of drug-likeness (QED) is 0.778. The molecule has 2 aromatic rings. The fourth-order valence-corrected chi connectivity index (χ4v) is 3.13. The predicted molar refractivity (Wildman–Crippen MR) is 110 cm³/mol. The van der Waals surface area contributed by atoms with Crippen LogP contribution in [0.15, 0.2) is 36.7 Å². The molecule has 1 saturated heterocycles. The lowest BCUT2D eigenvalue weighted by atomic mass is 10.1. The van der Waals surface area contributed by atoms with E-state index in [4.69, 9.17) is 4.74 Å². The van der Waals surface area contributed by atoms with Crippen molar-refractivity contribution in [1.29, 1.82) is 0 Å². The summed E-state index contributed by atoms with van der Waals surface area (Å²) in [4.78, 5) is 34.2. The maximum atomic E-state index is 12.3. The van der Waals surface area contributed by atoms with Gasteiger partial charge in [0.05, 0.1) is 19.0 Å². The molecule has 8 nitrogen and oxygen atoms in total. The number of carbonyl (C=O) groups excluding carboxylic acids is 2. The first-order chi connectivity index (χ1) is 14.0. The third-order valence-corrected chi connectivity index (χ3v) is 4.83. The average molecular weight is 397 g/mol. The van der Waals surface area contributed by atoms with E-state index >= 15 is 0 Å². The van der Waals surface area contributed by atoms with Gasteiger partial charge in [-0.15, -0.1) is 0 Å². The molecule has 1 aliphatic rings. The van der Waals surface area contributed by atoms with Crippen molar-refractivity contribution in [3.05, 3.63) is 53.5 Å². The van der Waals surface area contributed by atoms with Gasteiger partial charge in [0.1, 0.15) is 11.5 Å². The second-order valence-electron chi connectivity index (χ2n) is 7.06. The van der Waals surface area contributed by atoms with Crippen molar-refractivity contribution in [2.24, 2.45) is 0 Å². The Hall–Kier alpha value is -3.16. The highest BCUT2D eigenvalue weighted by Gasteiger charge is 2.23. The van der Waals surface area contributed by atoms with Gasteiger partial charge in [0, 0.05) is 25.7 Å². The number of hydrogen-bond donors (Lipinski definition) is 2. The van der Waals surface area contributed by atoms with E-state index in [0.29, 0.717) is 32.1 Å². The molecule has 2 N–H and O–H groups in total. The molecule has 0 bridgehead atoms. The van der Waals surface area contributed by atoms with Gasteiger partial charge in [-0.2, -0.15) is 0 Å². The predicted octanol–water partition coefficient (Wildman–Crippen LogP) is 2.75. The van der Waals surface area contributed by atoms with E-state index in [2.05, 4.69) is 20.6 Å². The molecule has 3 rings (SSSR count). The van der Waals surface area contributed by atoms with Crippen LogP contribution in [0, 0.1) is 6.92 Å². The monoisotopic (exact) mass is 397 g/mol. The highest BCUT2D eigenvalue weighted by molar-refractivity contribution is 5.91. The van der Waals surface area contributed by atoms with Gasteiger partial charge in [-0.3, -0.25) is 4.79 Å². The topological polar surface area (TPSA) is 96.5 Å². The summed E-state index contributed by atoms with van der Waals surface area (Å²) in [7, 11) is 0. The molecule has 1 aromatic heterocycles. The zero-order valence-electron chi connectivity index (χ0n) is 16.9. The molecule has 8 heteroatoms. The van der Waals surface area contributed by atoms with Gasteiger partial charge in [0.2, 0.25) is 0 Å². The summed E-state index contributed by atoms with van der Waals surface area (Å²) in [5.74, 6) is 0.363. The number of nitrogens with zero attached hydrogens (tertiary/aromatic N) is 3. The molecule has 2 amide bonds. The number of piperidine rings is 1. The minimum Gasteiger partial charge on any atom is -0.450 e. The molecule has 29 heavy (non-hydrogen) atoms. The number of benzene rings is 1. The van der Waals surface area contributed by atoms with Crippen LogP contribution in [0.5, 0.6) is 0 Å². The number of anilines is 1. The van der Waals surface area contributed by atoms with Crippen molar-refractivity contribution in [1.82, 2.24) is 20.2 Å². The molecule has 154 valence electrons. The van der Waals surface area contributed by atoms with Crippen LogP contribution in [0.1, 0.15) is 41.4 Å². The summed E-state index contributed by atoms with van der Waals surface area (Å²) in [6, 6.07) is 8.21. The van der Waals surface area contributed by atoms with E-state index in [1.54, 1.807) is 18.0 Å². The summed E-state index contributed by atoms with van der Waals surface area (Å²) < 4.78 is 5.03. The van der Waals surface area contributed by atoms with E-state index in [1.807, 2.05) is 31.2 Å². The number of carbonyl (C=O) groups is 2. The van der Waals surface area contributed by atoms with E-state index in [1.165, 1.54) is 11.8 Å². The Morgan fingerprint density at radius 1 is 1.14 bits per heavy atom. The Labute approximate surface area is 170 Å². The SMILES string of the molecule is CCOC(=O)N1CCC(Nc2cnc(C(=O)NCc3ccc(C)cc3)cn2)CC1. The molecule has 0 atom stereocenters. The third kappa shape index (κ3) is 5.91. The van der Waals surface area contributed by atoms with Crippen molar-refractivity contribution >= 4 is 17.8 Å². The van der Waals surface area contributed by atoms with Crippen LogP contribution in [0.4, 0.5) is 10.6 Å². The van der Waals surface area contributed by atoms with Crippen LogP contribution in [0.2, 0.25) is 0 Å². The molecule has 0 unspecified atom stereocenters. The zero-order valence-corrected chi connectivity index (χ0v) is 16.9. The third-order valence-electron chi connectivity index (χ3n) is 4.83. The van der Waals surface area contributed by atoms with Crippen LogP contribution in [0.3, 0.4) is 0 Å².